The van der Waals surface area contributed by atoms with Crippen LogP contribution in [-0.2, 0) is 10.0 Å². The minimum Gasteiger partial charge on any atom is -0.451 e. The molecule has 0 saturated carbocycles. The zero-order chi connectivity index (χ0) is 19.6. The molecule has 1 heterocycles. The van der Waals surface area contributed by atoms with E-state index in [0.717, 1.165) is 10.6 Å². The second kappa shape index (κ2) is 7.24. The monoisotopic (exact) mass is 388 g/mol. The van der Waals surface area contributed by atoms with Crippen molar-refractivity contribution in [1.82, 2.24) is 0 Å². The topological polar surface area (TPSA) is 79.6 Å². The second-order valence-electron chi connectivity index (χ2n) is 5.85. The number of nitrogens with zero attached hydrogens (tertiary/aromatic N) is 1. The third-order valence-corrected chi connectivity index (χ3v) is 5.15. The van der Waals surface area contributed by atoms with Crippen molar-refractivity contribution < 1.29 is 22.0 Å². The van der Waals surface area contributed by atoms with E-state index in [4.69, 9.17) is 4.42 Å². The summed E-state index contributed by atoms with van der Waals surface area (Å²) in [5.74, 6) is -0.837. The molecule has 0 unspecified atom stereocenters. The molecule has 0 spiro atoms. The Balaban J connectivity index is 1.87. The molecule has 6 nitrogen and oxygen atoms in total. The molecule has 140 valence electrons. The SMILES string of the molecule is CN(c1ccccc1NC(=O)c1ccc(-c2ccccc2F)o1)S(C)(=O)=O. The van der Waals surface area contributed by atoms with Gasteiger partial charge in [0.1, 0.15) is 11.6 Å². The van der Waals surface area contributed by atoms with E-state index in [1.807, 2.05) is 0 Å². The van der Waals surface area contributed by atoms with Crippen LogP contribution in [0.15, 0.2) is 65.1 Å². The van der Waals surface area contributed by atoms with Crippen molar-refractivity contribution in [1.29, 1.82) is 0 Å². The number of benzene rings is 2. The number of para-hydroxylation sites is 2. The van der Waals surface area contributed by atoms with E-state index in [2.05, 4.69) is 5.32 Å². The van der Waals surface area contributed by atoms with Gasteiger partial charge in [0.05, 0.1) is 23.2 Å². The summed E-state index contributed by atoms with van der Waals surface area (Å²) in [7, 11) is -2.11. The van der Waals surface area contributed by atoms with Crippen LogP contribution < -0.4 is 9.62 Å². The number of nitrogens with one attached hydrogen (secondary N) is 1. The summed E-state index contributed by atoms with van der Waals surface area (Å²) >= 11 is 0. The van der Waals surface area contributed by atoms with Crippen LogP contribution in [0.1, 0.15) is 10.6 Å². The molecule has 0 aliphatic rings. The van der Waals surface area contributed by atoms with Gasteiger partial charge in [-0.1, -0.05) is 24.3 Å². The molecule has 1 amide bonds. The minimum absolute atomic E-state index is 0.0231. The fourth-order valence-electron chi connectivity index (χ4n) is 2.48. The van der Waals surface area contributed by atoms with Crippen molar-refractivity contribution in [2.45, 2.75) is 0 Å². The molecule has 1 aromatic heterocycles. The summed E-state index contributed by atoms with van der Waals surface area (Å²) in [5.41, 5.74) is 0.863. The zero-order valence-corrected chi connectivity index (χ0v) is 15.5. The Morgan fingerprint density at radius 3 is 2.41 bits per heavy atom. The summed E-state index contributed by atoms with van der Waals surface area (Å²) in [5, 5.41) is 2.63. The molecule has 0 fully saturated rings. The fraction of sp³-hybridized carbons (Fsp3) is 0.105. The first-order chi connectivity index (χ1) is 12.8. The van der Waals surface area contributed by atoms with Gasteiger partial charge in [0.15, 0.2) is 5.76 Å². The molecule has 0 aliphatic heterocycles. The lowest BCUT2D eigenvalue weighted by atomic mass is 10.1. The molecular weight excluding hydrogens is 371 g/mol. The van der Waals surface area contributed by atoms with Gasteiger partial charge in [-0.3, -0.25) is 9.10 Å². The number of rotatable bonds is 5. The van der Waals surface area contributed by atoms with Crippen LogP contribution in [0.25, 0.3) is 11.3 Å². The first-order valence-electron chi connectivity index (χ1n) is 7.96. The number of anilines is 2. The van der Waals surface area contributed by atoms with E-state index in [1.54, 1.807) is 42.5 Å². The van der Waals surface area contributed by atoms with Crippen LogP contribution in [-0.4, -0.2) is 27.6 Å². The third kappa shape index (κ3) is 4.01. The summed E-state index contributed by atoms with van der Waals surface area (Å²) in [4.78, 5) is 12.5. The molecule has 0 radical (unpaired) electrons. The molecule has 0 atom stereocenters. The lowest BCUT2D eigenvalue weighted by Crippen LogP contribution is -2.26. The Kier molecular flexibility index (Phi) is 5.00. The number of sulfonamides is 1. The largest absolute Gasteiger partial charge is 0.451 e. The van der Waals surface area contributed by atoms with E-state index in [-0.39, 0.29) is 17.1 Å². The number of carbonyl (C=O) groups excluding carboxylic acids is 1. The molecule has 2 aromatic carbocycles. The Labute approximate surface area is 156 Å². The molecule has 3 aromatic rings. The van der Waals surface area contributed by atoms with Crippen LogP contribution >= 0.6 is 0 Å². The van der Waals surface area contributed by atoms with Gasteiger partial charge in [0.25, 0.3) is 5.91 Å². The Morgan fingerprint density at radius 2 is 1.70 bits per heavy atom. The van der Waals surface area contributed by atoms with Crippen molar-refractivity contribution in [3.8, 4) is 11.3 Å². The highest BCUT2D eigenvalue weighted by Gasteiger charge is 2.19. The third-order valence-electron chi connectivity index (χ3n) is 3.96. The molecule has 27 heavy (non-hydrogen) atoms. The van der Waals surface area contributed by atoms with Crippen LogP contribution in [0.4, 0.5) is 15.8 Å². The van der Waals surface area contributed by atoms with Crippen LogP contribution in [0.5, 0.6) is 0 Å². The second-order valence-corrected chi connectivity index (χ2v) is 7.86. The van der Waals surface area contributed by atoms with Gasteiger partial charge in [-0.2, -0.15) is 0 Å². The first-order valence-corrected chi connectivity index (χ1v) is 9.81. The highest BCUT2D eigenvalue weighted by Crippen LogP contribution is 2.28. The van der Waals surface area contributed by atoms with Crippen LogP contribution in [0.2, 0.25) is 0 Å². The standard InChI is InChI=1S/C19H17FN2O4S/c1-22(27(2,24)25)16-10-6-5-9-15(16)21-19(23)18-12-11-17(26-18)13-7-3-4-8-14(13)20/h3-12H,1-2H3,(H,21,23). The highest BCUT2D eigenvalue weighted by molar-refractivity contribution is 7.92. The normalized spacial score (nSPS) is 11.2. The summed E-state index contributed by atoms with van der Waals surface area (Å²) in [6.45, 7) is 0. The average molecular weight is 388 g/mol. The number of carbonyl (C=O) groups is 1. The number of amides is 1. The van der Waals surface area contributed by atoms with Gasteiger partial charge in [0, 0.05) is 7.05 Å². The van der Waals surface area contributed by atoms with Gasteiger partial charge >= 0.3 is 0 Å². The average Bonchev–Trinajstić information content (AvgIpc) is 3.11. The summed E-state index contributed by atoms with van der Waals surface area (Å²) in [6, 6.07) is 15.5. The summed E-state index contributed by atoms with van der Waals surface area (Å²) < 4.78 is 44.0. The summed E-state index contributed by atoms with van der Waals surface area (Å²) in [6.07, 6.45) is 1.07. The quantitative estimate of drug-likeness (QED) is 0.722. The van der Waals surface area contributed by atoms with Crippen molar-refractivity contribution in [3.63, 3.8) is 0 Å². The predicted molar refractivity (Wildman–Crippen MR) is 102 cm³/mol. The lowest BCUT2D eigenvalue weighted by molar-refractivity contribution is 0.0997. The van der Waals surface area contributed by atoms with Crippen molar-refractivity contribution in [3.05, 3.63) is 72.2 Å². The Bertz CT molecular complexity index is 1090. The van der Waals surface area contributed by atoms with Crippen LogP contribution in [0.3, 0.4) is 0 Å². The molecule has 1 N–H and O–H groups in total. The van der Waals surface area contributed by atoms with Crippen molar-refractivity contribution in [2.24, 2.45) is 0 Å². The number of hydrogen-bond acceptors (Lipinski definition) is 4. The Hall–Kier alpha value is -3.13. The predicted octanol–water partition coefficient (Wildman–Crippen LogP) is 3.73. The van der Waals surface area contributed by atoms with E-state index in [1.165, 1.54) is 25.2 Å². The molecular formula is C19H17FN2O4S. The Morgan fingerprint density at radius 1 is 1.04 bits per heavy atom. The molecule has 8 heteroatoms. The number of hydrogen-bond donors (Lipinski definition) is 1. The number of furan rings is 1. The smallest absolute Gasteiger partial charge is 0.291 e. The fourth-order valence-corrected chi connectivity index (χ4v) is 3.00. The maximum Gasteiger partial charge on any atom is 0.291 e. The number of halogens is 1. The van der Waals surface area contributed by atoms with Crippen molar-refractivity contribution >= 4 is 27.3 Å². The van der Waals surface area contributed by atoms with Crippen LogP contribution in [0, 0.1) is 5.82 Å². The first kappa shape index (κ1) is 18.7. The highest BCUT2D eigenvalue weighted by atomic mass is 32.2. The molecule has 3 rings (SSSR count). The maximum absolute atomic E-state index is 13.9. The van der Waals surface area contributed by atoms with Crippen molar-refractivity contribution in [2.75, 3.05) is 22.9 Å². The molecule has 0 bridgehead atoms. The van der Waals surface area contributed by atoms with Gasteiger partial charge in [-0.15, -0.1) is 0 Å². The lowest BCUT2D eigenvalue weighted by Gasteiger charge is -2.20. The zero-order valence-electron chi connectivity index (χ0n) is 14.6. The minimum atomic E-state index is -3.50. The molecule has 0 aliphatic carbocycles. The van der Waals surface area contributed by atoms with Gasteiger partial charge in [0.2, 0.25) is 10.0 Å². The van der Waals surface area contributed by atoms with E-state index in [9.17, 15) is 17.6 Å². The van der Waals surface area contributed by atoms with Gasteiger partial charge < -0.3 is 9.73 Å². The van der Waals surface area contributed by atoms with Gasteiger partial charge in [-0.05, 0) is 36.4 Å². The maximum atomic E-state index is 13.9. The molecule has 0 saturated heterocycles. The van der Waals surface area contributed by atoms with E-state index >= 15 is 0 Å². The van der Waals surface area contributed by atoms with Gasteiger partial charge in [-0.25, -0.2) is 12.8 Å². The van der Waals surface area contributed by atoms with E-state index < -0.39 is 21.7 Å². The van der Waals surface area contributed by atoms with E-state index in [0.29, 0.717) is 11.4 Å².